The first-order valence-corrected chi connectivity index (χ1v) is 8.11. The van der Waals surface area contributed by atoms with Crippen molar-refractivity contribution in [2.24, 2.45) is 0 Å². The van der Waals surface area contributed by atoms with Crippen LogP contribution in [0.3, 0.4) is 0 Å². The minimum absolute atomic E-state index is 0.622. The highest BCUT2D eigenvalue weighted by Gasteiger charge is 2.27. The van der Waals surface area contributed by atoms with E-state index >= 15 is 0 Å². The van der Waals surface area contributed by atoms with Crippen molar-refractivity contribution in [2.75, 3.05) is 13.2 Å². The lowest BCUT2D eigenvalue weighted by Gasteiger charge is -2.29. The molecule has 0 atom stereocenters. The zero-order chi connectivity index (χ0) is 15.1. The van der Waals surface area contributed by atoms with E-state index in [2.05, 4.69) is 48.5 Å². The molecule has 0 heterocycles. The second-order valence-corrected chi connectivity index (χ2v) is 5.90. The van der Waals surface area contributed by atoms with E-state index in [4.69, 9.17) is 9.47 Å². The Morgan fingerprint density at radius 1 is 0.810 bits per heavy atom. The van der Waals surface area contributed by atoms with Gasteiger partial charge in [-0.25, -0.2) is 0 Å². The first-order chi connectivity index (χ1) is 10.2. The van der Waals surface area contributed by atoms with E-state index in [-0.39, 0.29) is 0 Å². The normalized spacial score (nSPS) is 11.6. The van der Waals surface area contributed by atoms with E-state index in [0.717, 1.165) is 5.56 Å². The van der Waals surface area contributed by atoms with E-state index in [1.54, 1.807) is 11.8 Å². The molecule has 2 aromatic rings. The van der Waals surface area contributed by atoms with Crippen LogP contribution in [0.2, 0.25) is 0 Å². The summed E-state index contributed by atoms with van der Waals surface area (Å²) in [5, 5.41) is 0. The number of rotatable bonds is 7. The topological polar surface area (TPSA) is 18.5 Å². The molecule has 0 aromatic heterocycles. The largest absolute Gasteiger partial charge is 0.346 e. The van der Waals surface area contributed by atoms with Gasteiger partial charge in [0.1, 0.15) is 0 Å². The van der Waals surface area contributed by atoms with Gasteiger partial charge in [-0.15, -0.1) is 0 Å². The van der Waals surface area contributed by atoms with Gasteiger partial charge in [0.15, 0.2) is 5.79 Å². The summed E-state index contributed by atoms with van der Waals surface area (Å²) in [7, 11) is 0. The van der Waals surface area contributed by atoms with E-state index in [0.29, 0.717) is 13.2 Å². The minimum Gasteiger partial charge on any atom is -0.346 e. The maximum atomic E-state index is 5.79. The summed E-state index contributed by atoms with van der Waals surface area (Å²) < 4.78 is 11.6. The van der Waals surface area contributed by atoms with Crippen molar-refractivity contribution in [3.05, 3.63) is 60.2 Å². The third-order valence-electron chi connectivity index (χ3n) is 3.20. The number of hydrogen-bond acceptors (Lipinski definition) is 3. The average Bonchev–Trinajstić information content (AvgIpc) is 2.49. The Bertz CT molecular complexity index is 531. The Kier molecular flexibility index (Phi) is 5.85. The summed E-state index contributed by atoms with van der Waals surface area (Å²) >= 11 is 1.75. The first kappa shape index (κ1) is 16.1. The zero-order valence-corrected chi connectivity index (χ0v) is 13.7. The van der Waals surface area contributed by atoms with Crippen molar-refractivity contribution in [3.63, 3.8) is 0 Å². The Morgan fingerprint density at radius 2 is 1.33 bits per heavy atom. The lowest BCUT2D eigenvalue weighted by atomic mass is 10.1. The van der Waals surface area contributed by atoms with E-state index in [1.165, 1.54) is 9.79 Å². The van der Waals surface area contributed by atoms with Crippen molar-refractivity contribution in [1.82, 2.24) is 0 Å². The molecule has 0 aliphatic rings. The second-order valence-electron chi connectivity index (χ2n) is 4.75. The van der Waals surface area contributed by atoms with E-state index < -0.39 is 5.79 Å². The summed E-state index contributed by atoms with van der Waals surface area (Å²) in [6.07, 6.45) is 0. The fraction of sp³-hybridized carbons (Fsp3) is 0.333. The van der Waals surface area contributed by atoms with Gasteiger partial charge in [-0.3, -0.25) is 0 Å². The molecule has 0 aliphatic heterocycles. The fourth-order valence-electron chi connectivity index (χ4n) is 2.21. The highest BCUT2D eigenvalue weighted by Crippen LogP contribution is 2.31. The minimum atomic E-state index is -0.667. The van der Waals surface area contributed by atoms with Gasteiger partial charge in [0.05, 0.1) is 0 Å². The van der Waals surface area contributed by atoms with Crippen LogP contribution in [0.4, 0.5) is 0 Å². The van der Waals surface area contributed by atoms with Crippen LogP contribution in [-0.2, 0) is 15.3 Å². The highest BCUT2D eigenvalue weighted by atomic mass is 32.2. The molecule has 0 saturated carbocycles. The van der Waals surface area contributed by atoms with Gasteiger partial charge >= 0.3 is 0 Å². The highest BCUT2D eigenvalue weighted by molar-refractivity contribution is 7.99. The predicted octanol–water partition coefficient (Wildman–Crippen LogP) is 5.08. The molecule has 0 radical (unpaired) electrons. The van der Waals surface area contributed by atoms with Crippen LogP contribution in [-0.4, -0.2) is 13.2 Å². The smallest absolute Gasteiger partial charge is 0.191 e. The number of ether oxygens (including phenoxy) is 2. The van der Waals surface area contributed by atoms with Gasteiger partial charge < -0.3 is 9.47 Å². The molecule has 2 nitrogen and oxygen atoms in total. The van der Waals surface area contributed by atoms with Crippen LogP contribution < -0.4 is 0 Å². The van der Waals surface area contributed by atoms with Gasteiger partial charge in [-0.2, -0.15) is 0 Å². The van der Waals surface area contributed by atoms with Gasteiger partial charge in [0.25, 0.3) is 0 Å². The van der Waals surface area contributed by atoms with Crippen molar-refractivity contribution in [3.8, 4) is 0 Å². The first-order valence-electron chi connectivity index (χ1n) is 7.29. The van der Waals surface area contributed by atoms with Crippen molar-refractivity contribution >= 4 is 11.8 Å². The molecule has 0 aliphatic carbocycles. The Morgan fingerprint density at radius 3 is 1.86 bits per heavy atom. The molecular formula is C18H22O2S. The second kappa shape index (κ2) is 7.64. The monoisotopic (exact) mass is 302 g/mol. The third-order valence-corrected chi connectivity index (χ3v) is 4.21. The van der Waals surface area contributed by atoms with Crippen molar-refractivity contribution < 1.29 is 9.47 Å². The van der Waals surface area contributed by atoms with Crippen molar-refractivity contribution in [1.29, 1.82) is 0 Å². The Labute approximate surface area is 131 Å². The van der Waals surface area contributed by atoms with Crippen LogP contribution in [0.1, 0.15) is 26.3 Å². The van der Waals surface area contributed by atoms with Gasteiger partial charge in [0, 0.05) is 28.6 Å². The molecule has 0 saturated heterocycles. The summed E-state index contributed by atoms with van der Waals surface area (Å²) in [6.45, 7) is 7.18. The van der Waals surface area contributed by atoms with Crippen LogP contribution in [0.5, 0.6) is 0 Å². The number of benzene rings is 2. The van der Waals surface area contributed by atoms with Gasteiger partial charge in [-0.1, -0.05) is 42.1 Å². The maximum absolute atomic E-state index is 5.79. The Hall–Kier alpha value is -1.29. The molecule has 0 spiro atoms. The van der Waals surface area contributed by atoms with E-state index in [9.17, 15) is 0 Å². The molecule has 0 amide bonds. The molecule has 3 heteroatoms. The zero-order valence-electron chi connectivity index (χ0n) is 12.8. The molecule has 0 N–H and O–H groups in total. The number of hydrogen-bond donors (Lipinski definition) is 0. The Balaban J connectivity index is 2.14. The summed E-state index contributed by atoms with van der Waals surface area (Å²) in [6, 6.07) is 18.8. The van der Waals surface area contributed by atoms with Gasteiger partial charge in [-0.05, 0) is 45.0 Å². The van der Waals surface area contributed by atoms with Crippen LogP contribution >= 0.6 is 11.8 Å². The lowest BCUT2D eigenvalue weighted by Crippen LogP contribution is -2.29. The summed E-state index contributed by atoms with van der Waals surface area (Å²) in [5.74, 6) is -0.667. The average molecular weight is 302 g/mol. The van der Waals surface area contributed by atoms with Gasteiger partial charge in [0.2, 0.25) is 0 Å². The molecular weight excluding hydrogens is 280 g/mol. The SMILES string of the molecule is CCOC(C)(OCC)c1ccc(Sc2ccccc2)cc1. The van der Waals surface area contributed by atoms with Crippen LogP contribution in [0.15, 0.2) is 64.4 Å². The van der Waals surface area contributed by atoms with Crippen molar-refractivity contribution in [2.45, 2.75) is 36.3 Å². The lowest BCUT2D eigenvalue weighted by molar-refractivity contribution is -0.229. The molecule has 112 valence electrons. The molecule has 0 fully saturated rings. The van der Waals surface area contributed by atoms with Crippen LogP contribution in [0, 0.1) is 0 Å². The predicted molar refractivity (Wildman–Crippen MR) is 87.6 cm³/mol. The fourth-order valence-corrected chi connectivity index (χ4v) is 3.05. The molecule has 21 heavy (non-hydrogen) atoms. The van der Waals surface area contributed by atoms with E-state index in [1.807, 2.05) is 26.8 Å². The van der Waals surface area contributed by atoms with Crippen LogP contribution in [0.25, 0.3) is 0 Å². The third kappa shape index (κ3) is 4.34. The molecule has 0 unspecified atom stereocenters. The molecule has 2 rings (SSSR count). The summed E-state index contributed by atoms with van der Waals surface area (Å²) in [4.78, 5) is 2.45. The maximum Gasteiger partial charge on any atom is 0.191 e. The standard InChI is InChI=1S/C18H22O2S/c1-4-19-18(3,20-5-2)15-11-13-17(14-12-15)21-16-9-7-6-8-10-16/h6-14H,4-5H2,1-3H3. The molecule has 2 aromatic carbocycles. The molecule has 0 bridgehead atoms. The quantitative estimate of drug-likeness (QED) is 0.664. The summed E-state index contributed by atoms with van der Waals surface area (Å²) in [5.41, 5.74) is 1.05.